The lowest BCUT2D eigenvalue weighted by atomic mass is 10.2. The van der Waals surface area contributed by atoms with Crippen LogP contribution in [0, 0.1) is 5.82 Å². The Morgan fingerprint density at radius 3 is 2.63 bits per heavy atom. The number of hydrogen-bond acceptors (Lipinski definition) is 5. The molecule has 154 valence electrons. The van der Waals surface area contributed by atoms with Crippen molar-refractivity contribution < 1.29 is 23.5 Å². The van der Waals surface area contributed by atoms with E-state index in [4.69, 9.17) is 14.3 Å². The third-order valence-electron chi connectivity index (χ3n) is 4.00. The van der Waals surface area contributed by atoms with Crippen molar-refractivity contribution in [2.24, 2.45) is 5.16 Å². The van der Waals surface area contributed by atoms with Crippen LogP contribution < -0.4 is 14.8 Å². The van der Waals surface area contributed by atoms with Gasteiger partial charge in [0, 0.05) is 11.3 Å². The number of oxime groups is 1. The molecule has 0 heterocycles. The highest BCUT2D eigenvalue weighted by atomic mass is 19.1. The van der Waals surface area contributed by atoms with E-state index >= 15 is 0 Å². The largest absolute Gasteiger partial charge is 0.493 e. The molecule has 3 aromatic carbocycles. The SMILES string of the molecule is COc1cc(/C=N\OCC(=O)Nc2ccccc2)ccc1OCc1cccc(F)c1. The Bertz CT molecular complexity index is 1010. The number of nitrogens with one attached hydrogen (secondary N) is 1. The molecule has 0 saturated heterocycles. The molecule has 0 fully saturated rings. The third kappa shape index (κ3) is 6.34. The minimum absolute atomic E-state index is 0.210. The predicted octanol–water partition coefficient (Wildman–Crippen LogP) is 4.40. The number of carbonyl (C=O) groups is 1. The smallest absolute Gasteiger partial charge is 0.265 e. The van der Waals surface area contributed by atoms with Crippen molar-refractivity contribution in [2.75, 3.05) is 19.0 Å². The number of nitrogens with zero attached hydrogens (tertiary/aromatic N) is 1. The first-order chi connectivity index (χ1) is 14.6. The number of ether oxygens (including phenoxy) is 2. The number of benzene rings is 3. The van der Waals surface area contributed by atoms with Crippen LogP contribution in [0.5, 0.6) is 11.5 Å². The number of hydrogen-bond donors (Lipinski definition) is 1. The van der Waals surface area contributed by atoms with Crippen LogP contribution in [-0.2, 0) is 16.2 Å². The fourth-order valence-electron chi connectivity index (χ4n) is 2.58. The number of rotatable bonds is 9. The maximum absolute atomic E-state index is 13.3. The zero-order valence-corrected chi connectivity index (χ0v) is 16.4. The number of halogens is 1. The van der Waals surface area contributed by atoms with Gasteiger partial charge in [0.1, 0.15) is 12.4 Å². The van der Waals surface area contributed by atoms with Gasteiger partial charge in [-0.1, -0.05) is 35.5 Å². The maximum Gasteiger partial charge on any atom is 0.265 e. The Labute approximate surface area is 173 Å². The molecule has 1 N–H and O–H groups in total. The molecule has 0 bridgehead atoms. The van der Waals surface area contributed by atoms with Gasteiger partial charge in [-0.05, 0) is 48.0 Å². The van der Waals surface area contributed by atoms with Crippen LogP contribution in [0.3, 0.4) is 0 Å². The molecule has 0 saturated carbocycles. The normalized spacial score (nSPS) is 10.6. The minimum atomic E-state index is -0.313. The number of methoxy groups -OCH3 is 1. The fraction of sp³-hybridized carbons (Fsp3) is 0.130. The van der Waals surface area contributed by atoms with E-state index in [0.717, 1.165) is 0 Å². The van der Waals surface area contributed by atoms with E-state index in [0.29, 0.717) is 28.3 Å². The molecule has 0 unspecified atom stereocenters. The molecule has 30 heavy (non-hydrogen) atoms. The summed E-state index contributed by atoms with van der Waals surface area (Å²) in [7, 11) is 1.52. The highest BCUT2D eigenvalue weighted by Crippen LogP contribution is 2.28. The predicted molar refractivity (Wildman–Crippen MR) is 112 cm³/mol. The van der Waals surface area contributed by atoms with Crippen molar-refractivity contribution in [1.29, 1.82) is 0 Å². The molecule has 6 nitrogen and oxygen atoms in total. The summed E-state index contributed by atoms with van der Waals surface area (Å²) >= 11 is 0. The van der Waals surface area contributed by atoms with Crippen molar-refractivity contribution in [3.05, 3.63) is 89.7 Å². The Balaban J connectivity index is 1.51. The summed E-state index contributed by atoms with van der Waals surface area (Å²) in [4.78, 5) is 16.9. The molecule has 0 radical (unpaired) electrons. The van der Waals surface area contributed by atoms with Crippen LogP contribution in [0.1, 0.15) is 11.1 Å². The monoisotopic (exact) mass is 408 g/mol. The molecule has 0 atom stereocenters. The summed E-state index contributed by atoms with van der Waals surface area (Å²) in [6.45, 7) is -0.00144. The van der Waals surface area contributed by atoms with Gasteiger partial charge in [0.2, 0.25) is 0 Å². The first-order valence-electron chi connectivity index (χ1n) is 9.19. The van der Waals surface area contributed by atoms with Crippen LogP contribution >= 0.6 is 0 Å². The summed E-state index contributed by atoms with van der Waals surface area (Å²) < 4.78 is 24.3. The van der Waals surface area contributed by atoms with Gasteiger partial charge in [-0.3, -0.25) is 4.79 Å². The van der Waals surface area contributed by atoms with Gasteiger partial charge in [-0.25, -0.2) is 4.39 Å². The van der Waals surface area contributed by atoms with Crippen LogP contribution in [0.25, 0.3) is 0 Å². The standard InChI is InChI=1S/C23H21FN2O4/c1-28-22-13-17(10-11-21(22)29-15-18-6-5-7-19(24)12-18)14-25-30-16-23(27)26-20-8-3-2-4-9-20/h2-14H,15-16H2,1H3,(H,26,27)/b25-14-. The third-order valence-corrected chi connectivity index (χ3v) is 4.00. The van der Waals surface area contributed by atoms with E-state index < -0.39 is 0 Å². The summed E-state index contributed by atoms with van der Waals surface area (Å²) in [5, 5.41) is 6.51. The van der Waals surface area contributed by atoms with Gasteiger partial charge in [0.15, 0.2) is 18.1 Å². The molecule has 0 aliphatic heterocycles. The molecule has 3 rings (SSSR count). The summed E-state index contributed by atoms with van der Waals surface area (Å²) in [6.07, 6.45) is 1.47. The number of amides is 1. The van der Waals surface area contributed by atoms with E-state index in [9.17, 15) is 9.18 Å². The first kappa shape index (κ1) is 20.9. The summed E-state index contributed by atoms with van der Waals surface area (Å²) in [6, 6.07) is 20.5. The zero-order chi connectivity index (χ0) is 21.2. The first-order valence-corrected chi connectivity index (χ1v) is 9.19. The second-order valence-electron chi connectivity index (χ2n) is 6.25. The summed E-state index contributed by atoms with van der Waals surface area (Å²) in [5.41, 5.74) is 2.10. The summed E-state index contributed by atoms with van der Waals surface area (Å²) in [5.74, 6) is 0.392. The van der Waals surface area contributed by atoms with Gasteiger partial charge in [-0.2, -0.15) is 0 Å². The molecular weight excluding hydrogens is 387 g/mol. The zero-order valence-electron chi connectivity index (χ0n) is 16.4. The van der Waals surface area contributed by atoms with Gasteiger partial charge in [0.05, 0.1) is 13.3 Å². The molecule has 3 aromatic rings. The van der Waals surface area contributed by atoms with Crippen LogP contribution in [-0.4, -0.2) is 25.8 Å². The lowest BCUT2D eigenvalue weighted by Crippen LogP contribution is -2.16. The molecule has 1 amide bonds. The fourth-order valence-corrected chi connectivity index (χ4v) is 2.58. The van der Waals surface area contributed by atoms with Crippen LogP contribution in [0.2, 0.25) is 0 Å². The van der Waals surface area contributed by atoms with E-state index in [1.807, 2.05) is 18.2 Å². The Hall–Kier alpha value is -3.87. The molecule has 0 aliphatic rings. The van der Waals surface area contributed by atoms with Crippen molar-refractivity contribution >= 4 is 17.8 Å². The molecule has 0 aromatic heterocycles. The topological polar surface area (TPSA) is 69.2 Å². The van der Waals surface area contributed by atoms with Crippen molar-refractivity contribution in [1.82, 2.24) is 0 Å². The van der Waals surface area contributed by atoms with Gasteiger partial charge < -0.3 is 19.6 Å². The Morgan fingerprint density at radius 1 is 1.03 bits per heavy atom. The number of anilines is 1. The maximum atomic E-state index is 13.3. The molecule has 0 spiro atoms. The second kappa shape index (κ2) is 10.6. The van der Waals surface area contributed by atoms with Gasteiger partial charge in [-0.15, -0.1) is 0 Å². The minimum Gasteiger partial charge on any atom is -0.493 e. The Kier molecular flexibility index (Phi) is 7.38. The lowest BCUT2D eigenvalue weighted by Gasteiger charge is -2.11. The molecule has 0 aliphatic carbocycles. The van der Waals surface area contributed by atoms with Crippen molar-refractivity contribution in [2.45, 2.75) is 6.61 Å². The van der Waals surface area contributed by atoms with E-state index in [1.165, 1.54) is 25.5 Å². The van der Waals surface area contributed by atoms with Crippen LogP contribution in [0.4, 0.5) is 10.1 Å². The number of para-hydroxylation sites is 1. The van der Waals surface area contributed by atoms with Crippen LogP contribution in [0.15, 0.2) is 78.0 Å². The highest BCUT2D eigenvalue weighted by Gasteiger charge is 2.07. The van der Waals surface area contributed by atoms with E-state index in [1.54, 1.807) is 42.5 Å². The second-order valence-corrected chi connectivity index (χ2v) is 6.25. The van der Waals surface area contributed by atoms with Gasteiger partial charge >= 0.3 is 0 Å². The van der Waals surface area contributed by atoms with Crippen molar-refractivity contribution in [3.63, 3.8) is 0 Å². The van der Waals surface area contributed by atoms with Gasteiger partial charge in [0.25, 0.3) is 5.91 Å². The average Bonchev–Trinajstić information content (AvgIpc) is 2.76. The quantitative estimate of drug-likeness (QED) is 0.421. The van der Waals surface area contributed by atoms with E-state index in [-0.39, 0.29) is 24.9 Å². The Morgan fingerprint density at radius 2 is 1.87 bits per heavy atom. The van der Waals surface area contributed by atoms with E-state index in [2.05, 4.69) is 10.5 Å². The molecular formula is C23H21FN2O4. The number of carbonyl (C=O) groups excluding carboxylic acids is 1. The lowest BCUT2D eigenvalue weighted by molar-refractivity contribution is -0.120. The molecule has 7 heteroatoms. The van der Waals surface area contributed by atoms with Crippen molar-refractivity contribution in [3.8, 4) is 11.5 Å². The highest BCUT2D eigenvalue weighted by molar-refractivity contribution is 5.91. The average molecular weight is 408 g/mol.